The number of carbonyl (C=O) groups excluding carboxylic acids is 1. The van der Waals surface area contributed by atoms with Crippen molar-refractivity contribution < 1.29 is 4.79 Å². The number of fused-ring (bicyclic) bond motifs is 1. The summed E-state index contributed by atoms with van der Waals surface area (Å²) in [6.07, 6.45) is 2.19. The highest BCUT2D eigenvalue weighted by molar-refractivity contribution is 6.04. The van der Waals surface area contributed by atoms with Crippen LogP contribution in [0.3, 0.4) is 0 Å². The lowest BCUT2D eigenvalue weighted by atomic mass is 10.1. The number of anilines is 1. The molecule has 2 rings (SSSR count). The molecule has 1 unspecified atom stereocenters. The molecule has 4 heteroatoms. The zero-order valence-corrected chi connectivity index (χ0v) is 10.5. The predicted molar refractivity (Wildman–Crippen MR) is 69.9 cm³/mol. The van der Waals surface area contributed by atoms with E-state index < -0.39 is 6.04 Å². The normalized spacial score (nSPS) is 17.7. The first-order valence-electron chi connectivity index (χ1n) is 6.19. The minimum absolute atomic E-state index is 0.0347. The lowest BCUT2D eigenvalue weighted by molar-refractivity contribution is -0.119. The molecule has 1 aromatic rings. The van der Waals surface area contributed by atoms with E-state index in [-0.39, 0.29) is 5.91 Å². The molecule has 1 amide bonds. The Morgan fingerprint density at radius 3 is 2.94 bits per heavy atom. The third kappa shape index (κ3) is 2.22. The van der Waals surface area contributed by atoms with E-state index in [0.29, 0.717) is 13.0 Å². The molecular formula is C14H17N3O. The molecule has 0 fully saturated rings. The topological polar surface area (TPSA) is 70.1 Å². The first kappa shape index (κ1) is 12.6. The minimum atomic E-state index is -0.532. The summed E-state index contributed by atoms with van der Waals surface area (Å²) in [6, 6.07) is 7.51. The Hall–Kier alpha value is -1.86. The van der Waals surface area contributed by atoms with Crippen molar-refractivity contribution >= 4 is 11.6 Å². The molecule has 2 N–H and O–H groups in total. The van der Waals surface area contributed by atoms with Crippen LogP contribution in [-0.4, -0.2) is 12.5 Å². The van der Waals surface area contributed by atoms with Gasteiger partial charge in [-0.05, 0) is 25.8 Å². The number of aryl methyl sites for hydroxylation is 1. The van der Waals surface area contributed by atoms with Gasteiger partial charge in [0.1, 0.15) is 6.04 Å². The summed E-state index contributed by atoms with van der Waals surface area (Å²) in [5.74, 6) is -0.0347. The molecule has 0 spiro atoms. The number of carbonyl (C=O) groups is 1. The number of rotatable bonds is 4. The van der Waals surface area contributed by atoms with E-state index in [1.807, 2.05) is 25.1 Å². The Morgan fingerprint density at radius 2 is 2.22 bits per heavy atom. The Bertz CT molecular complexity index is 504. The number of amides is 1. The molecule has 0 saturated heterocycles. The van der Waals surface area contributed by atoms with E-state index in [0.717, 1.165) is 29.7 Å². The minimum Gasteiger partial charge on any atom is -0.316 e. The van der Waals surface area contributed by atoms with Crippen molar-refractivity contribution in [2.75, 3.05) is 11.4 Å². The Labute approximate surface area is 107 Å². The largest absolute Gasteiger partial charge is 0.316 e. The van der Waals surface area contributed by atoms with Gasteiger partial charge in [-0.1, -0.05) is 17.7 Å². The van der Waals surface area contributed by atoms with Crippen LogP contribution < -0.4 is 10.6 Å². The maximum absolute atomic E-state index is 12.1. The third-order valence-corrected chi connectivity index (χ3v) is 3.26. The van der Waals surface area contributed by atoms with Crippen LogP contribution in [0.5, 0.6) is 0 Å². The van der Waals surface area contributed by atoms with Gasteiger partial charge < -0.3 is 10.6 Å². The fraction of sp³-hybridized carbons (Fsp3) is 0.429. The van der Waals surface area contributed by atoms with E-state index in [2.05, 4.69) is 6.07 Å². The fourth-order valence-electron chi connectivity index (χ4n) is 2.29. The zero-order chi connectivity index (χ0) is 13.1. The van der Waals surface area contributed by atoms with Crippen molar-refractivity contribution in [3.63, 3.8) is 0 Å². The number of benzene rings is 1. The van der Waals surface area contributed by atoms with E-state index in [1.165, 1.54) is 0 Å². The van der Waals surface area contributed by atoms with Gasteiger partial charge in [-0.3, -0.25) is 4.79 Å². The SMILES string of the molecule is Cc1ccc2c(c1)C(N)C(=O)N2CCCCC#N. The molecule has 1 aliphatic rings. The molecule has 1 heterocycles. The van der Waals surface area contributed by atoms with E-state index in [9.17, 15) is 4.79 Å². The maximum Gasteiger partial charge on any atom is 0.248 e. The number of nitriles is 1. The lowest BCUT2D eigenvalue weighted by Gasteiger charge is -2.17. The summed E-state index contributed by atoms with van der Waals surface area (Å²) in [4.78, 5) is 13.8. The Morgan fingerprint density at radius 1 is 1.44 bits per heavy atom. The van der Waals surface area contributed by atoms with Crippen molar-refractivity contribution in [1.29, 1.82) is 5.26 Å². The Kier molecular flexibility index (Phi) is 3.63. The standard InChI is InChI=1S/C14H17N3O/c1-10-5-6-12-11(9-10)13(16)14(18)17(12)8-4-2-3-7-15/h5-6,9,13H,2-4,8,16H2,1H3. The molecule has 0 aromatic heterocycles. The summed E-state index contributed by atoms with van der Waals surface area (Å²) in [6.45, 7) is 2.64. The van der Waals surface area contributed by atoms with Gasteiger partial charge in [0.05, 0.1) is 6.07 Å². The van der Waals surface area contributed by atoms with Gasteiger partial charge in [0, 0.05) is 24.2 Å². The molecule has 94 valence electrons. The van der Waals surface area contributed by atoms with Crippen molar-refractivity contribution in [1.82, 2.24) is 0 Å². The smallest absolute Gasteiger partial charge is 0.248 e. The van der Waals surface area contributed by atoms with Crippen LogP contribution in [0.1, 0.15) is 36.4 Å². The lowest BCUT2D eigenvalue weighted by Crippen LogP contribution is -2.32. The average Bonchev–Trinajstić information content (AvgIpc) is 2.59. The van der Waals surface area contributed by atoms with E-state index >= 15 is 0 Å². The highest BCUT2D eigenvalue weighted by Gasteiger charge is 2.34. The van der Waals surface area contributed by atoms with E-state index in [4.69, 9.17) is 11.0 Å². The van der Waals surface area contributed by atoms with Gasteiger partial charge in [-0.25, -0.2) is 0 Å². The summed E-state index contributed by atoms with van der Waals surface area (Å²) in [5.41, 5.74) is 8.89. The number of unbranched alkanes of at least 4 members (excludes halogenated alkanes) is 2. The maximum atomic E-state index is 12.1. The van der Waals surface area contributed by atoms with Crippen LogP contribution in [-0.2, 0) is 4.79 Å². The van der Waals surface area contributed by atoms with Gasteiger partial charge in [-0.15, -0.1) is 0 Å². The van der Waals surface area contributed by atoms with Crippen molar-refractivity contribution in [3.8, 4) is 6.07 Å². The van der Waals surface area contributed by atoms with Gasteiger partial charge in [0.15, 0.2) is 0 Å². The molecule has 18 heavy (non-hydrogen) atoms. The number of nitrogens with two attached hydrogens (primary N) is 1. The molecular weight excluding hydrogens is 226 g/mol. The summed E-state index contributed by atoms with van der Waals surface area (Å²) in [7, 11) is 0. The molecule has 0 bridgehead atoms. The van der Waals surface area contributed by atoms with Crippen LogP contribution >= 0.6 is 0 Å². The second-order valence-electron chi connectivity index (χ2n) is 4.65. The van der Waals surface area contributed by atoms with Crippen molar-refractivity contribution in [2.24, 2.45) is 5.73 Å². The second-order valence-corrected chi connectivity index (χ2v) is 4.65. The Balaban J connectivity index is 2.14. The van der Waals surface area contributed by atoms with Gasteiger partial charge in [0.2, 0.25) is 5.91 Å². The first-order chi connectivity index (χ1) is 8.65. The van der Waals surface area contributed by atoms with Crippen LogP contribution in [0.4, 0.5) is 5.69 Å². The van der Waals surface area contributed by atoms with Gasteiger partial charge in [0.25, 0.3) is 0 Å². The predicted octanol–water partition coefficient (Wildman–Crippen LogP) is 2.04. The van der Waals surface area contributed by atoms with Gasteiger partial charge in [-0.2, -0.15) is 5.26 Å². The van der Waals surface area contributed by atoms with Crippen LogP contribution in [0.15, 0.2) is 18.2 Å². The first-order valence-corrected chi connectivity index (χ1v) is 6.19. The third-order valence-electron chi connectivity index (χ3n) is 3.26. The highest BCUT2D eigenvalue weighted by atomic mass is 16.2. The molecule has 0 radical (unpaired) electrons. The van der Waals surface area contributed by atoms with E-state index in [1.54, 1.807) is 4.90 Å². The van der Waals surface area contributed by atoms with Crippen LogP contribution in [0, 0.1) is 18.3 Å². The van der Waals surface area contributed by atoms with Gasteiger partial charge >= 0.3 is 0 Å². The average molecular weight is 243 g/mol. The van der Waals surface area contributed by atoms with Crippen LogP contribution in [0.2, 0.25) is 0 Å². The molecule has 0 aliphatic carbocycles. The van der Waals surface area contributed by atoms with Crippen molar-refractivity contribution in [3.05, 3.63) is 29.3 Å². The summed E-state index contributed by atoms with van der Waals surface area (Å²) in [5, 5.41) is 8.49. The zero-order valence-electron chi connectivity index (χ0n) is 10.5. The fourth-order valence-corrected chi connectivity index (χ4v) is 2.29. The van der Waals surface area contributed by atoms with Crippen molar-refractivity contribution in [2.45, 2.75) is 32.2 Å². The summed E-state index contributed by atoms with van der Waals surface area (Å²) >= 11 is 0. The van der Waals surface area contributed by atoms with Crippen LogP contribution in [0.25, 0.3) is 0 Å². The quantitative estimate of drug-likeness (QED) is 0.822. The molecule has 1 aliphatic heterocycles. The summed E-state index contributed by atoms with van der Waals surface area (Å²) < 4.78 is 0. The molecule has 4 nitrogen and oxygen atoms in total. The number of hydrogen-bond donors (Lipinski definition) is 1. The molecule has 0 saturated carbocycles. The number of nitrogens with zero attached hydrogens (tertiary/aromatic N) is 2. The monoisotopic (exact) mass is 243 g/mol. The molecule has 1 aromatic carbocycles. The number of hydrogen-bond acceptors (Lipinski definition) is 3. The second kappa shape index (κ2) is 5.19. The highest BCUT2D eigenvalue weighted by Crippen LogP contribution is 2.35. The molecule has 1 atom stereocenters.